The largest absolute Gasteiger partial charge is 0.497 e. The van der Waals surface area contributed by atoms with Crippen molar-refractivity contribution in [3.8, 4) is 22.3 Å². The molecule has 1 N–H and O–H groups in total. The van der Waals surface area contributed by atoms with E-state index in [0.29, 0.717) is 34.7 Å². The van der Waals surface area contributed by atoms with Crippen LogP contribution in [0.4, 0.5) is 0 Å². The maximum absolute atomic E-state index is 13.1. The molecule has 9 heteroatoms. The van der Waals surface area contributed by atoms with Gasteiger partial charge in [-0.1, -0.05) is 6.07 Å². The molecule has 4 aromatic rings. The smallest absolute Gasteiger partial charge is 0.236 e. The molecule has 3 aromatic heterocycles. The van der Waals surface area contributed by atoms with Crippen molar-refractivity contribution in [3.63, 3.8) is 0 Å². The third kappa shape index (κ3) is 4.52. The van der Waals surface area contributed by atoms with Crippen LogP contribution in [0.1, 0.15) is 28.9 Å². The number of imidazole rings is 1. The van der Waals surface area contributed by atoms with Gasteiger partial charge in [0, 0.05) is 25.5 Å². The molecule has 0 aliphatic rings. The molecule has 32 heavy (non-hydrogen) atoms. The molecular formula is C23H24N4O4S. The van der Waals surface area contributed by atoms with E-state index in [1.165, 1.54) is 0 Å². The van der Waals surface area contributed by atoms with Crippen LogP contribution in [0.15, 0.2) is 52.5 Å². The van der Waals surface area contributed by atoms with Crippen molar-refractivity contribution in [1.29, 1.82) is 0 Å². The van der Waals surface area contributed by atoms with Crippen LogP contribution >= 0.6 is 11.3 Å². The molecule has 0 saturated carbocycles. The summed E-state index contributed by atoms with van der Waals surface area (Å²) in [6.45, 7) is 1.82. The summed E-state index contributed by atoms with van der Waals surface area (Å²) in [4.78, 5) is 23.0. The number of hydrogen-bond acceptors (Lipinski definition) is 7. The van der Waals surface area contributed by atoms with Crippen LogP contribution < -0.4 is 14.8 Å². The van der Waals surface area contributed by atoms with Crippen LogP contribution in [0.2, 0.25) is 0 Å². The predicted molar refractivity (Wildman–Crippen MR) is 121 cm³/mol. The number of amides is 1. The summed E-state index contributed by atoms with van der Waals surface area (Å²) in [5.74, 6) is 2.89. The highest BCUT2D eigenvalue weighted by molar-refractivity contribution is 7.13. The lowest BCUT2D eigenvalue weighted by atomic mass is 10.0. The van der Waals surface area contributed by atoms with Gasteiger partial charge in [0.15, 0.2) is 0 Å². The molecule has 1 aromatic carbocycles. The fourth-order valence-electron chi connectivity index (χ4n) is 3.41. The molecule has 0 spiro atoms. The minimum Gasteiger partial charge on any atom is -0.497 e. The number of oxazole rings is 1. The molecule has 8 nitrogen and oxygen atoms in total. The fourth-order valence-corrected chi connectivity index (χ4v) is 4.06. The van der Waals surface area contributed by atoms with E-state index < -0.39 is 6.04 Å². The Balaban J connectivity index is 1.61. The number of nitrogens with one attached hydrogen (secondary N) is 1. The van der Waals surface area contributed by atoms with Gasteiger partial charge in [0.25, 0.3) is 0 Å². The minimum absolute atomic E-state index is 0.0860. The van der Waals surface area contributed by atoms with Crippen molar-refractivity contribution in [3.05, 3.63) is 70.9 Å². The number of aromatic nitrogens is 3. The van der Waals surface area contributed by atoms with Crippen LogP contribution in [0.3, 0.4) is 0 Å². The fraction of sp³-hybridized carbons (Fsp3) is 0.261. The van der Waals surface area contributed by atoms with Crippen molar-refractivity contribution in [2.75, 3.05) is 14.2 Å². The second kappa shape index (κ2) is 9.27. The molecule has 3 heterocycles. The van der Waals surface area contributed by atoms with Crippen molar-refractivity contribution in [2.45, 2.75) is 19.4 Å². The van der Waals surface area contributed by atoms with Gasteiger partial charge in [-0.2, -0.15) is 0 Å². The van der Waals surface area contributed by atoms with Gasteiger partial charge in [-0.25, -0.2) is 9.97 Å². The Bertz CT molecular complexity index is 1190. The SMILES string of the molecule is COc1cc(OC)cc(C(NC(=O)Cc2nc(-c3cccs3)oc2C)c2nccn2C)c1. The van der Waals surface area contributed by atoms with Crippen LogP contribution in [-0.4, -0.2) is 34.7 Å². The summed E-state index contributed by atoms with van der Waals surface area (Å²) in [5.41, 5.74) is 1.40. The lowest BCUT2D eigenvalue weighted by Gasteiger charge is -2.20. The van der Waals surface area contributed by atoms with Crippen LogP contribution in [0.25, 0.3) is 10.8 Å². The molecule has 166 valence electrons. The number of benzene rings is 1. The van der Waals surface area contributed by atoms with Crippen LogP contribution in [0, 0.1) is 6.92 Å². The highest BCUT2D eigenvalue weighted by atomic mass is 32.1. The number of carbonyl (C=O) groups is 1. The molecule has 0 aliphatic carbocycles. The number of thiophene rings is 1. The Morgan fingerprint density at radius 2 is 2.00 bits per heavy atom. The van der Waals surface area contributed by atoms with E-state index in [1.54, 1.807) is 37.8 Å². The lowest BCUT2D eigenvalue weighted by molar-refractivity contribution is -0.121. The Kier molecular flexibility index (Phi) is 6.27. The Morgan fingerprint density at radius 3 is 2.59 bits per heavy atom. The molecule has 1 atom stereocenters. The first-order valence-corrected chi connectivity index (χ1v) is 10.9. The van der Waals surface area contributed by atoms with Crippen molar-refractivity contribution in [1.82, 2.24) is 19.9 Å². The summed E-state index contributed by atoms with van der Waals surface area (Å²) in [7, 11) is 5.06. The van der Waals surface area contributed by atoms with Gasteiger partial charge in [0.2, 0.25) is 11.8 Å². The molecule has 1 unspecified atom stereocenters. The number of hydrogen-bond donors (Lipinski definition) is 1. The third-order valence-electron chi connectivity index (χ3n) is 5.08. The molecule has 0 radical (unpaired) electrons. The van der Waals surface area contributed by atoms with Gasteiger partial charge in [0.1, 0.15) is 29.1 Å². The van der Waals surface area contributed by atoms with E-state index in [9.17, 15) is 4.79 Å². The van der Waals surface area contributed by atoms with Crippen LogP contribution in [0.5, 0.6) is 11.5 Å². The van der Waals surface area contributed by atoms with Gasteiger partial charge in [-0.3, -0.25) is 4.79 Å². The topological polar surface area (TPSA) is 91.4 Å². The molecule has 0 aliphatic heterocycles. The molecule has 1 amide bonds. The van der Waals surface area contributed by atoms with E-state index in [2.05, 4.69) is 15.3 Å². The van der Waals surface area contributed by atoms with Gasteiger partial charge < -0.3 is 23.8 Å². The highest BCUT2D eigenvalue weighted by Crippen LogP contribution is 2.30. The maximum atomic E-state index is 13.1. The number of methoxy groups -OCH3 is 2. The quantitative estimate of drug-likeness (QED) is 0.436. The number of rotatable bonds is 8. The first kappa shape index (κ1) is 21.6. The average Bonchev–Trinajstić information content (AvgIpc) is 3.54. The highest BCUT2D eigenvalue weighted by Gasteiger charge is 2.24. The van der Waals surface area contributed by atoms with Crippen LogP contribution in [-0.2, 0) is 18.3 Å². The van der Waals surface area contributed by atoms with E-state index in [0.717, 1.165) is 10.4 Å². The number of carbonyl (C=O) groups excluding carboxylic acids is 1. The van der Waals surface area contributed by atoms with E-state index >= 15 is 0 Å². The molecular weight excluding hydrogens is 428 g/mol. The van der Waals surface area contributed by atoms with E-state index in [1.807, 2.05) is 54.4 Å². The summed E-state index contributed by atoms with van der Waals surface area (Å²) in [6.07, 6.45) is 3.62. The second-order valence-electron chi connectivity index (χ2n) is 7.22. The number of aryl methyl sites for hydroxylation is 2. The zero-order valence-corrected chi connectivity index (χ0v) is 19.1. The summed E-state index contributed by atoms with van der Waals surface area (Å²) < 4.78 is 18.5. The summed E-state index contributed by atoms with van der Waals surface area (Å²) >= 11 is 1.54. The molecule has 0 fully saturated rings. The second-order valence-corrected chi connectivity index (χ2v) is 8.17. The van der Waals surface area contributed by atoms with E-state index in [4.69, 9.17) is 13.9 Å². The summed E-state index contributed by atoms with van der Waals surface area (Å²) in [5, 5.41) is 5.05. The zero-order valence-electron chi connectivity index (χ0n) is 18.3. The average molecular weight is 453 g/mol. The third-order valence-corrected chi connectivity index (χ3v) is 5.94. The van der Waals surface area contributed by atoms with Gasteiger partial charge in [-0.15, -0.1) is 11.3 Å². The number of ether oxygens (including phenoxy) is 2. The van der Waals surface area contributed by atoms with Crippen molar-refractivity contribution < 1.29 is 18.7 Å². The van der Waals surface area contributed by atoms with E-state index in [-0.39, 0.29) is 12.3 Å². The van der Waals surface area contributed by atoms with Gasteiger partial charge >= 0.3 is 0 Å². The van der Waals surface area contributed by atoms with Crippen molar-refractivity contribution in [2.24, 2.45) is 7.05 Å². The number of nitrogens with zero attached hydrogens (tertiary/aromatic N) is 3. The zero-order chi connectivity index (χ0) is 22.7. The van der Waals surface area contributed by atoms with Crippen molar-refractivity contribution >= 4 is 17.2 Å². The molecule has 4 rings (SSSR count). The monoisotopic (exact) mass is 452 g/mol. The Morgan fingerprint density at radius 1 is 1.25 bits per heavy atom. The van der Waals surface area contributed by atoms with Gasteiger partial charge in [-0.05, 0) is 36.1 Å². The minimum atomic E-state index is -0.504. The van der Waals surface area contributed by atoms with Gasteiger partial charge in [0.05, 0.1) is 31.2 Å². The normalized spacial score (nSPS) is 11.9. The molecule has 0 bridgehead atoms. The first-order valence-electron chi connectivity index (χ1n) is 9.98. The standard InChI is InChI=1S/C23H24N4O4S/c1-14-18(25-23(31-14)19-6-5-9-32-19)13-20(28)26-21(22-24-7-8-27(22)2)15-10-16(29-3)12-17(11-15)30-4/h5-12,21H,13H2,1-4H3,(H,26,28). The maximum Gasteiger partial charge on any atom is 0.236 e. The molecule has 0 saturated heterocycles. The lowest BCUT2D eigenvalue weighted by Crippen LogP contribution is -2.32. The first-order chi connectivity index (χ1) is 15.5. The summed E-state index contributed by atoms with van der Waals surface area (Å²) in [6, 6.07) is 8.87. The Hall–Kier alpha value is -3.59. The Labute approximate surface area is 189 Å². The predicted octanol–water partition coefficient (Wildman–Crippen LogP) is 3.91.